The number of nitrogens with one attached hydrogen (secondary N) is 1. The van der Waals surface area contributed by atoms with Crippen molar-refractivity contribution >= 4 is 12.2 Å². The molecular weight excluding hydrogens is 192 g/mol. The molecule has 0 atom stereocenters. The number of rotatable bonds is 0. The predicted octanol–water partition coefficient (Wildman–Crippen LogP) is 0.381. The number of anilines is 1. The Kier molecular flexibility index (Phi) is 1.55. The SMILES string of the molecule is Nc1ncc2c(n1)-c1nc[nH]c1CN=C2. The maximum Gasteiger partial charge on any atom is 0.220 e. The summed E-state index contributed by atoms with van der Waals surface area (Å²) in [5, 5.41) is 0. The van der Waals surface area contributed by atoms with Gasteiger partial charge in [-0.1, -0.05) is 0 Å². The number of nitrogens with two attached hydrogens (primary N) is 1. The van der Waals surface area contributed by atoms with E-state index in [0.717, 1.165) is 22.6 Å². The molecule has 3 N–H and O–H groups in total. The maximum absolute atomic E-state index is 5.55. The molecule has 0 aliphatic carbocycles. The van der Waals surface area contributed by atoms with Gasteiger partial charge in [0.05, 0.1) is 18.6 Å². The second-order valence-electron chi connectivity index (χ2n) is 3.23. The van der Waals surface area contributed by atoms with Gasteiger partial charge < -0.3 is 10.7 Å². The van der Waals surface area contributed by atoms with E-state index in [1.165, 1.54) is 0 Å². The molecule has 1 aliphatic heterocycles. The fraction of sp³-hybridized carbons (Fsp3) is 0.111. The van der Waals surface area contributed by atoms with Gasteiger partial charge >= 0.3 is 0 Å². The normalized spacial score (nSPS) is 13.1. The van der Waals surface area contributed by atoms with E-state index in [4.69, 9.17) is 5.73 Å². The molecule has 0 radical (unpaired) electrons. The van der Waals surface area contributed by atoms with Gasteiger partial charge in [-0.05, 0) is 0 Å². The number of aliphatic imine (C=N–C) groups is 1. The molecule has 0 fully saturated rings. The van der Waals surface area contributed by atoms with Crippen LogP contribution < -0.4 is 5.73 Å². The molecule has 6 nitrogen and oxygen atoms in total. The Labute approximate surface area is 85.3 Å². The Hall–Kier alpha value is -2.24. The average molecular weight is 200 g/mol. The predicted molar refractivity (Wildman–Crippen MR) is 55.3 cm³/mol. The quantitative estimate of drug-likeness (QED) is 0.643. The molecule has 0 aromatic carbocycles. The fourth-order valence-corrected chi connectivity index (χ4v) is 1.57. The molecule has 0 unspecified atom stereocenters. The first-order valence-electron chi connectivity index (χ1n) is 4.49. The van der Waals surface area contributed by atoms with Gasteiger partial charge in [0.25, 0.3) is 0 Å². The molecule has 6 heteroatoms. The van der Waals surface area contributed by atoms with Gasteiger partial charge in [0.2, 0.25) is 5.95 Å². The highest BCUT2D eigenvalue weighted by molar-refractivity contribution is 5.89. The largest absolute Gasteiger partial charge is 0.368 e. The molecule has 1 aliphatic rings. The number of nitrogens with zero attached hydrogens (tertiary/aromatic N) is 4. The van der Waals surface area contributed by atoms with E-state index in [-0.39, 0.29) is 5.95 Å². The van der Waals surface area contributed by atoms with Crippen LogP contribution in [0.25, 0.3) is 11.4 Å². The van der Waals surface area contributed by atoms with Gasteiger partial charge in [0, 0.05) is 18.0 Å². The number of hydrogen-bond donors (Lipinski definition) is 2. The van der Waals surface area contributed by atoms with Crippen LogP contribution in [0.2, 0.25) is 0 Å². The first-order valence-corrected chi connectivity index (χ1v) is 4.49. The van der Waals surface area contributed by atoms with E-state index in [0.29, 0.717) is 6.54 Å². The molecule has 15 heavy (non-hydrogen) atoms. The van der Waals surface area contributed by atoms with E-state index >= 15 is 0 Å². The third-order valence-corrected chi connectivity index (χ3v) is 2.26. The summed E-state index contributed by atoms with van der Waals surface area (Å²) in [5.74, 6) is 0.248. The van der Waals surface area contributed by atoms with Crippen LogP contribution in [0.4, 0.5) is 5.95 Å². The topological polar surface area (TPSA) is 92.8 Å². The number of H-pyrrole nitrogens is 1. The van der Waals surface area contributed by atoms with Crippen molar-refractivity contribution in [3.8, 4) is 11.4 Å². The number of aromatic amines is 1. The van der Waals surface area contributed by atoms with E-state index < -0.39 is 0 Å². The summed E-state index contributed by atoms with van der Waals surface area (Å²) in [6.07, 6.45) is 5.03. The minimum atomic E-state index is 0.248. The second-order valence-corrected chi connectivity index (χ2v) is 3.23. The monoisotopic (exact) mass is 200 g/mol. The molecule has 2 aromatic rings. The third kappa shape index (κ3) is 1.18. The standard InChI is InChI=1S/C9H8N6/c10-9-12-2-5-1-11-3-6-8(7(5)15-9)14-4-13-6/h1-2,4H,3H2,(H,13,14)(H2,10,12,15). The Bertz CT molecular complexity index is 541. The van der Waals surface area contributed by atoms with Crippen molar-refractivity contribution in [3.63, 3.8) is 0 Å². The van der Waals surface area contributed by atoms with Crippen LogP contribution >= 0.6 is 0 Å². The van der Waals surface area contributed by atoms with Crippen molar-refractivity contribution in [2.75, 3.05) is 5.73 Å². The molecule has 3 heterocycles. The van der Waals surface area contributed by atoms with Crippen LogP contribution in [0.3, 0.4) is 0 Å². The smallest absolute Gasteiger partial charge is 0.220 e. The zero-order valence-electron chi connectivity index (χ0n) is 7.81. The van der Waals surface area contributed by atoms with Gasteiger partial charge in [-0.2, -0.15) is 0 Å². The fourth-order valence-electron chi connectivity index (χ4n) is 1.57. The molecule has 2 aromatic heterocycles. The minimum Gasteiger partial charge on any atom is -0.368 e. The van der Waals surface area contributed by atoms with Crippen molar-refractivity contribution < 1.29 is 0 Å². The van der Waals surface area contributed by atoms with Crippen LogP contribution in [-0.4, -0.2) is 26.2 Å². The number of fused-ring (bicyclic) bond motifs is 3. The highest BCUT2D eigenvalue weighted by Gasteiger charge is 2.16. The Balaban J connectivity index is 2.33. The first kappa shape index (κ1) is 8.10. The third-order valence-electron chi connectivity index (χ3n) is 2.26. The molecule has 0 spiro atoms. The number of hydrogen-bond acceptors (Lipinski definition) is 5. The lowest BCUT2D eigenvalue weighted by Gasteiger charge is -2.01. The lowest BCUT2D eigenvalue weighted by Crippen LogP contribution is -2.00. The molecule has 0 saturated heterocycles. The summed E-state index contributed by atoms with van der Waals surface area (Å²) in [6.45, 7) is 0.575. The summed E-state index contributed by atoms with van der Waals surface area (Å²) in [6, 6.07) is 0. The lowest BCUT2D eigenvalue weighted by atomic mass is 10.2. The number of nitrogen functional groups attached to an aromatic ring is 1. The number of aromatic nitrogens is 4. The van der Waals surface area contributed by atoms with E-state index in [2.05, 4.69) is 24.9 Å². The maximum atomic E-state index is 5.55. The Morgan fingerprint density at radius 2 is 2.20 bits per heavy atom. The van der Waals surface area contributed by atoms with Gasteiger partial charge in [-0.3, -0.25) is 4.99 Å². The van der Waals surface area contributed by atoms with Crippen LogP contribution in [-0.2, 0) is 6.54 Å². The second kappa shape index (κ2) is 2.88. The van der Waals surface area contributed by atoms with Crippen LogP contribution in [0, 0.1) is 0 Å². The van der Waals surface area contributed by atoms with Gasteiger partial charge in [-0.25, -0.2) is 15.0 Å². The highest BCUT2D eigenvalue weighted by atomic mass is 15.0. The lowest BCUT2D eigenvalue weighted by molar-refractivity contribution is 1.02. The summed E-state index contributed by atoms with van der Waals surface area (Å²) in [5.41, 5.74) is 8.88. The Morgan fingerprint density at radius 3 is 3.13 bits per heavy atom. The van der Waals surface area contributed by atoms with E-state index in [1.54, 1.807) is 18.7 Å². The average Bonchev–Trinajstić information content (AvgIpc) is 2.62. The van der Waals surface area contributed by atoms with Crippen molar-refractivity contribution in [2.24, 2.45) is 4.99 Å². The van der Waals surface area contributed by atoms with Crippen LogP contribution in [0.1, 0.15) is 11.3 Å². The highest BCUT2D eigenvalue weighted by Crippen LogP contribution is 2.24. The summed E-state index contributed by atoms with van der Waals surface area (Å²) >= 11 is 0. The Morgan fingerprint density at radius 1 is 1.27 bits per heavy atom. The first-order chi connectivity index (χ1) is 7.34. The molecule has 74 valence electrons. The van der Waals surface area contributed by atoms with E-state index in [1.807, 2.05) is 0 Å². The van der Waals surface area contributed by atoms with Crippen molar-refractivity contribution in [1.82, 2.24) is 19.9 Å². The summed E-state index contributed by atoms with van der Waals surface area (Å²) in [7, 11) is 0. The minimum absolute atomic E-state index is 0.248. The van der Waals surface area contributed by atoms with Crippen molar-refractivity contribution in [2.45, 2.75) is 6.54 Å². The zero-order chi connectivity index (χ0) is 10.3. The molecule has 0 saturated carbocycles. The summed E-state index contributed by atoms with van der Waals surface area (Å²) < 4.78 is 0. The van der Waals surface area contributed by atoms with Crippen molar-refractivity contribution in [3.05, 3.63) is 23.8 Å². The van der Waals surface area contributed by atoms with Crippen LogP contribution in [0.5, 0.6) is 0 Å². The van der Waals surface area contributed by atoms with E-state index in [9.17, 15) is 0 Å². The molecule has 3 rings (SSSR count). The van der Waals surface area contributed by atoms with Gasteiger partial charge in [0.1, 0.15) is 11.4 Å². The summed E-state index contributed by atoms with van der Waals surface area (Å²) in [4.78, 5) is 19.6. The molecule has 0 bridgehead atoms. The number of imidazole rings is 1. The van der Waals surface area contributed by atoms with Gasteiger partial charge in [0.15, 0.2) is 0 Å². The van der Waals surface area contributed by atoms with Crippen LogP contribution in [0.15, 0.2) is 17.5 Å². The molecule has 0 amide bonds. The van der Waals surface area contributed by atoms with Crippen molar-refractivity contribution in [1.29, 1.82) is 0 Å². The molecular formula is C9H8N6. The van der Waals surface area contributed by atoms with Gasteiger partial charge in [-0.15, -0.1) is 0 Å². The zero-order valence-corrected chi connectivity index (χ0v) is 7.81.